The normalized spacial score (nSPS) is 11.2. The monoisotopic (exact) mass is 390 g/mol. The van der Waals surface area contributed by atoms with E-state index in [9.17, 15) is 9.59 Å². The summed E-state index contributed by atoms with van der Waals surface area (Å²) in [6, 6.07) is 17.6. The van der Waals surface area contributed by atoms with Crippen molar-refractivity contribution in [3.05, 3.63) is 75.4 Å². The van der Waals surface area contributed by atoms with Gasteiger partial charge < -0.3 is 9.47 Å². The van der Waals surface area contributed by atoms with Crippen LogP contribution in [0.2, 0.25) is 0 Å². The van der Waals surface area contributed by atoms with E-state index in [1.807, 2.05) is 69.3 Å². The van der Waals surface area contributed by atoms with E-state index < -0.39 is 0 Å². The number of para-hydroxylation sites is 1. The van der Waals surface area contributed by atoms with Crippen molar-refractivity contribution in [1.29, 1.82) is 0 Å². The maximum atomic E-state index is 13.3. The van der Waals surface area contributed by atoms with Crippen molar-refractivity contribution in [1.82, 2.24) is 4.57 Å². The molecule has 0 N–H and O–H groups in total. The van der Waals surface area contributed by atoms with Crippen molar-refractivity contribution in [3.8, 4) is 0 Å². The fourth-order valence-corrected chi connectivity index (χ4v) is 4.83. The predicted molar refractivity (Wildman–Crippen MR) is 118 cm³/mol. The molecule has 2 aromatic heterocycles. The minimum atomic E-state index is -0.0687. The van der Waals surface area contributed by atoms with Crippen molar-refractivity contribution < 1.29 is 4.79 Å². The summed E-state index contributed by atoms with van der Waals surface area (Å²) >= 11 is 1.41. The summed E-state index contributed by atoms with van der Waals surface area (Å²) < 4.78 is 2.66. The van der Waals surface area contributed by atoms with Crippen LogP contribution in [0, 0.1) is 6.92 Å². The predicted octanol–water partition coefficient (Wildman–Crippen LogP) is 5.21. The van der Waals surface area contributed by atoms with Crippen LogP contribution in [-0.2, 0) is 6.54 Å². The molecule has 4 aromatic rings. The zero-order chi connectivity index (χ0) is 19.8. The number of aryl methyl sites for hydroxylation is 2. The van der Waals surface area contributed by atoms with Crippen molar-refractivity contribution in [3.63, 3.8) is 0 Å². The SMILES string of the molecule is CCN(C(=O)c1cc2c(=O)n(CC)c3ccccc3c2s1)c1cccc(C)c1. The molecule has 5 heteroatoms. The first-order chi connectivity index (χ1) is 13.5. The lowest BCUT2D eigenvalue weighted by Crippen LogP contribution is -2.30. The molecule has 0 aliphatic rings. The highest BCUT2D eigenvalue weighted by Crippen LogP contribution is 2.32. The van der Waals surface area contributed by atoms with Gasteiger partial charge in [-0.2, -0.15) is 0 Å². The van der Waals surface area contributed by atoms with Crippen molar-refractivity contribution in [2.75, 3.05) is 11.4 Å². The third-order valence-corrected chi connectivity index (χ3v) is 6.21. The van der Waals surface area contributed by atoms with E-state index in [0.29, 0.717) is 23.4 Å². The van der Waals surface area contributed by atoms with E-state index >= 15 is 0 Å². The fraction of sp³-hybridized carbons (Fsp3) is 0.217. The molecule has 0 fully saturated rings. The molecule has 4 nitrogen and oxygen atoms in total. The molecule has 1 amide bonds. The smallest absolute Gasteiger partial charge is 0.268 e. The van der Waals surface area contributed by atoms with Crippen molar-refractivity contribution in [2.45, 2.75) is 27.3 Å². The molecule has 0 atom stereocenters. The number of benzene rings is 2. The first kappa shape index (κ1) is 18.4. The maximum absolute atomic E-state index is 13.3. The van der Waals surface area contributed by atoms with Gasteiger partial charge in [-0.05, 0) is 50.6 Å². The Labute approximate surface area is 167 Å². The summed E-state index contributed by atoms with van der Waals surface area (Å²) in [6.07, 6.45) is 0. The molecular weight excluding hydrogens is 368 g/mol. The quantitative estimate of drug-likeness (QED) is 0.480. The zero-order valence-corrected chi connectivity index (χ0v) is 17.0. The van der Waals surface area contributed by atoms with E-state index in [0.717, 1.165) is 26.9 Å². The van der Waals surface area contributed by atoms with Crippen LogP contribution in [0.1, 0.15) is 29.1 Å². The molecule has 0 aliphatic carbocycles. The van der Waals surface area contributed by atoms with E-state index in [4.69, 9.17) is 0 Å². The van der Waals surface area contributed by atoms with E-state index in [1.165, 1.54) is 11.3 Å². The van der Waals surface area contributed by atoms with Crippen LogP contribution in [0.4, 0.5) is 5.69 Å². The average molecular weight is 391 g/mol. The Bertz CT molecular complexity index is 1250. The van der Waals surface area contributed by atoms with E-state index in [1.54, 1.807) is 15.5 Å². The van der Waals surface area contributed by atoms with Crippen LogP contribution >= 0.6 is 11.3 Å². The minimum absolute atomic E-state index is 0.0369. The topological polar surface area (TPSA) is 42.3 Å². The van der Waals surface area contributed by atoms with Gasteiger partial charge in [-0.3, -0.25) is 9.59 Å². The molecule has 2 aromatic carbocycles. The largest absolute Gasteiger partial charge is 0.308 e. The number of rotatable bonds is 4. The minimum Gasteiger partial charge on any atom is -0.308 e. The molecule has 0 aliphatic heterocycles. The highest BCUT2D eigenvalue weighted by Gasteiger charge is 2.21. The standard InChI is InChI=1S/C23H22N2O2S/c1-4-24(16-10-8-9-15(3)13-16)23(27)20-14-18-21(28-20)17-11-6-7-12-19(17)25(5-2)22(18)26/h6-14H,4-5H2,1-3H3. The van der Waals surface area contributed by atoms with Crippen molar-refractivity contribution in [2.24, 2.45) is 0 Å². The Balaban J connectivity index is 1.90. The van der Waals surface area contributed by atoms with Gasteiger partial charge in [-0.15, -0.1) is 11.3 Å². The zero-order valence-electron chi connectivity index (χ0n) is 16.2. The Morgan fingerprint density at radius 2 is 1.82 bits per heavy atom. The summed E-state index contributed by atoms with van der Waals surface area (Å²) in [5.74, 6) is -0.0687. The molecule has 2 heterocycles. The van der Waals surface area contributed by atoms with E-state index in [2.05, 4.69) is 0 Å². The molecule has 0 spiro atoms. The molecule has 28 heavy (non-hydrogen) atoms. The van der Waals surface area contributed by atoms with Crippen LogP contribution in [-0.4, -0.2) is 17.0 Å². The number of aromatic nitrogens is 1. The summed E-state index contributed by atoms with van der Waals surface area (Å²) in [5.41, 5.74) is 2.86. The van der Waals surface area contributed by atoms with Crippen LogP contribution in [0.5, 0.6) is 0 Å². The van der Waals surface area contributed by atoms with Gasteiger partial charge in [-0.25, -0.2) is 0 Å². The lowest BCUT2D eigenvalue weighted by Gasteiger charge is -2.20. The number of hydrogen-bond donors (Lipinski definition) is 0. The highest BCUT2D eigenvalue weighted by atomic mass is 32.1. The molecule has 142 valence electrons. The summed E-state index contributed by atoms with van der Waals surface area (Å²) in [6.45, 7) is 7.11. The van der Waals surface area contributed by atoms with Gasteiger partial charge in [0.2, 0.25) is 0 Å². The number of carbonyl (C=O) groups is 1. The van der Waals surface area contributed by atoms with Gasteiger partial charge in [-0.1, -0.05) is 30.3 Å². The summed E-state index contributed by atoms with van der Waals surface area (Å²) in [4.78, 5) is 28.6. The Morgan fingerprint density at radius 3 is 2.54 bits per heavy atom. The van der Waals surface area contributed by atoms with Gasteiger partial charge in [0.25, 0.3) is 11.5 Å². The van der Waals surface area contributed by atoms with Gasteiger partial charge in [0.1, 0.15) is 0 Å². The Morgan fingerprint density at radius 1 is 1.04 bits per heavy atom. The lowest BCUT2D eigenvalue weighted by atomic mass is 10.1. The highest BCUT2D eigenvalue weighted by molar-refractivity contribution is 7.21. The first-order valence-corrected chi connectivity index (χ1v) is 10.3. The van der Waals surface area contributed by atoms with Crippen LogP contribution in [0.15, 0.2) is 59.4 Å². The van der Waals surface area contributed by atoms with E-state index in [-0.39, 0.29) is 11.5 Å². The third kappa shape index (κ3) is 2.92. The average Bonchev–Trinajstić information content (AvgIpc) is 3.15. The Hall–Kier alpha value is -2.92. The molecule has 0 unspecified atom stereocenters. The number of pyridine rings is 1. The number of nitrogens with zero attached hydrogens (tertiary/aromatic N) is 2. The molecule has 4 rings (SSSR count). The molecule has 0 bridgehead atoms. The first-order valence-electron chi connectivity index (χ1n) is 9.48. The molecular formula is C23H22N2O2S. The molecule has 0 saturated heterocycles. The number of anilines is 1. The van der Waals surface area contributed by atoms with Gasteiger partial charge in [0, 0.05) is 28.9 Å². The Kier molecular flexibility index (Phi) is 4.77. The third-order valence-electron chi connectivity index (χ3n) is 5.05. The lowest BCUT2D eigenvalue weighted by molar-refractivity contribution is 0.0992. The second-order valence-electron chi connectivity index (χ2n) is 6.81. The van der Waals surface area contributed by atoms with Crippen LogP contribution < -0.4 is 10.5 Å². The summed E-state index contributed by atoms with van der Waals surface area (Å²) in [7, 11) is 0. The van der Waals surface area contributed by atoms with Crippen LogP contribution in [0.3, 0.4) is 0 Å². The maximum Gasteiger partial charge on any atom is 0.268 e. The number of carbonyl (C=O) groups excluding carboxylic acids is 1. The van der Waals surface area contributed by atoms with Gasteiger partial charge in [0.05, 0.1) is 15.8 Å². The van der Waals surface area contributed by atoms with Gasteiger partial charge in [0.15, 0.2) is 0 Å². The number of thiophene rings is 1. The number of amides is 1. The fourth-order valence-electron chi connectivity index (χ4n) is 3.70. The second-order valence-corrected chi connectivity index (χ2v) is 7.86. The van der Waals surface area contributed by atoms with Crippen molar-refractivity contribution >= 4 is 43.9 Å². The second kappa shape index (κ2) is 7.24. The van der Waals surface area contributed by atoms with Gasteiger partial charge >= 0.3 is 0 Å². The van der Waals surface area contributed by atoms with Crippen LogP contribution in [0.25, 0.3) is 21.0 Å². The molecule has 0 radical (unpaired) electrons. The molecule has 0 saturated carbocycles. The number of hydrogen-bond acceptors (Lipinski definition) is 3. The number of fused-ring (bicyclic) bond motifs is 3. The summed E-state index contributed by atoms with van der Waals surface area (Å²) in [5, 5.41) is 1.63.